The average Bonchev–Trinajstić information content (AvgIpc) is 2.77. The van der Waals surface area contributed by atoms with Gasteiger partial charge in [-0.05, 0) is 24.4 Å². The molecule has 0 saturated heterocycles. The Bertz CT molecular complexity index is 354. The van der Waals surface area contributed by atoms with Crippen molar-refractivity contribution >= 4 is 11.3 Å². The second kappa shape index (κ2) is 5.44. The molecule has 0 bridgehead atoms. The van der Waals surface area contributed by atoms with E-state index in [1.807, 2.05) is 37.7 Å². The van der Waals surface area contributed by atoms with Gasteiger partial charge < -0.3 is 4.74 Å². The fraction of sp³-hybridized carbons (Fsp3) is 0.300. The molecule has 0 aromatic carbocycles. The molecule has 14 heavy (non-hydrogen) atoms. The van der Waals surface area contributed by atoms with Crippen molar-refractivity contribution in [3.63, 3.8) is 0 Å². The van der Waals surface area contributed by atoms with Crippen LogP contribution in [0, 0.1) is 6.92 Å². The molecule has 0 fully saturated rings. The molecule has 0 N–H and O–H groups in total. The fourth-order valence-electron chi connectivity index (χ4n) is 0.930. The van der Waals surface area contributed by atoms with Gasteiger partial charge in [0.2, 0.25) is 0 Å². The van der Waals surface area contributed by atoms with E-state index in [4.69, 9.17) is 4.74 Å². The predicted octanol–water partition coefficient (Wildman–Crippen LogP) is 2.49. The summed E-state index contributed by atoms with van der Waals surface area (Å²) < 4.78 is 6.75. The third-order valence-corrected chi connectivity index (χ3v) is 2.49. The zero-order valence-corrected chi connectivity index (χ0v) is 9.41. The molecule has 2 aromatic heterocycles. The molecule has 0 unspecified atom stereocenters. The van der Waals surface area contributed by atoms with Gasteiger partial charge in [0, 0.05) is 24.3 Å². The number of nitrogens with zero attached hydrogens (tertiary/aromatic N) is 2. The molecule has 0 atom stereocenters. The molecule has 0 saturated carbocycles. The van der Waals surface area contributed by atoms with E-state index in [1.54, 1.807) is 29.3 Å². The van der Waals surface area contributed by atoms with Gasteiger partial charge in [0.1, 0.15) is 5.75 Å². The average molecular weight is 210 g/mol. The lowest BCUT2D eigenvalue weighted by Gasteiger charge is -1.92. The minimum atomic E-state index is 0.995. The van der Waals surface area contributed by atoms with E-state index < -0.39 is 0 Å². The van der Waals surface area contributed by atoms with E-state index in [2.05, 4.69) is 5.10 Å². The molecule has 76 valence electrons. The molecule has 0 amide bonds. The van der Waals surface area contributed by atoms with Gasteiger partial charge >= 0.3 is 0 Å². The second-order valence-corrected chi connectivity index (χ2v) is 3.85. The van der Waals surface area contributed by atoms with Gasteiger partial charge in [-0.1, -0.05) is 0 Å². The molecule has 2 heterocycles. The van der Waals surface area contributed by atoms with Gasteiger partial charge in [0.15, 0.2) is 0 Å². The maximum atomic E-state index is 5.00. The first-order valence-electron chi connectivity index (χ1n) is 4.25. The lowest BCUT2D eigenvalue weighted by molar-refractivity contribution is 0.414. The highest BCUT2D eigenvalue weighted by Crippen LogP contribution is 2.21. The zero-order valence-electron chi connectivity index (χ0n) is 8.60. The quantitative estimate of drug-likeness (QED) is 0.723. The number of hydrogen-bond donors (Lipinski definition) is 0. The molecule has 2 rings (SSSR count). The Morgan fingerprint density at radius 3 is 2.50 bits per heavy atom. The van der Waals surface area contributed by atoms with E-state index >= 15 is 0 Å². The summed E-state index contributed by atoms with van der Waals surface area (Å²) in [5.41, 5.74) is 0. The standard InChI is InChI=1S/C6H8OS.C4H6N2/c1-5-6(7-2)3-4-8-5;1-6-4-2-3-5-6/h3-4H,1-2H3;2-4H,1H3. The van der Waals surface area contributed by atoms with Gasteiger partial charge in [-0.25, -0.2) is 0 Å². The van der Waals surface area contributed by atoms with Crippen LogP contribution in [0.2, 0.25) is 0 Å². The Morgan fingerprint density at radius 2 is 2.29 bits per heavy atom. The first-order valence-corrected chi connectivity index (χ1v) is 5.13. The summed E-state index contributed by atoms with van der Waals surface area (Å²) in [4.78, 5) is 1.24. The molecule has 0 spiro atoms. The van der Waals surface area contributed by atoms with Crippen LogP contribution < -0.4 is 4.74 Å². The van der Waals surface area contributed by atoms with Gasteiger partial charge in [0.05, 0.1) is 7.11 Å². The molecular weight excluding hydrogens is 196 g/mol. The van der Waals surface area contributed by atoms with E-state index in [1.165, 1.54) is 4.88 Å². The Balaban J connectivity index is 0.000000146. The van der Waals surface area contributed by atoms with Gasteiger partial charge in [-0.15, -0.1) is 11.3 Å². The lowest BCUT2D eigenvalue weighted by atomic mass is 10.5. The van der Waals surface area contributed by atoms with Crippen molar-refractivity contribution in [1.29, 1.82) is 0 Å². The monoisotopic (exact) mass is 210 g/mol. The Morgan fingerprint density at radius 1 is 1.50 bits per heavy atom. The van der Waals surface area contributed by atoms with Crippen LogP contribution in [0.5, 0.6) is 5.75 Å². The summed E-state index contributed by atoms with van der Waals surface area (Å²) in [6.45, 7) is 2.05. The number of aryl methyl sites for hydroxylation is 2. The highest BCUT2D eigenvalue weighted by molar-refractivity contribution is 7.10. The van der Waals surface area contributed by atoms with Crippen molar-refractivity contribution in [2.75, 3.05) is 7.11 Å². The summed E-state index contributed by atoms with van der Waals surface area (Å²) in [5, 5.41) is 5.86. The van der Waals surface area contributed by atoms with Crippen molar-refractivity contribution in [3.05, 3.63) is 34.8 Å². The van der Waals surface area contributed by atoms with Gasteiger partial charge in [-0.3, -0.25) is 4.68 Å². The number of rotatable bonds is 1. The minimum absolute atomic E-state index is 0.995. The third kappa shape index (κ3) is 3.22. The number of hydrogen-bond acceptors (Lipinski definition) is 3. The normalized spacial score (nSPS) is 9.07. The summed E-state index contributed by atoms with van der Waals surface area (Å²) in [6, 6.07) is 3.86. The van der Waals surface area contributed by atoms with Gasteiger partial charge in [0.25, 0.3) is 0 Å². The summed E-state index contributed by atoms with van der Waals surface area (Å²) in [7, 11) is 3.58. The van der Waals surface area contributed by atoms with Crippen LogP contribution in [0.1, 0.15) is 4.88 Å². The number of methoxy groups -OCH3 is 1. The molecule has 3 nitrogen and oxygen atoms in total. The first-order chi connectivity index (χ1) is 6.74. The Kier molecular flexibility index (Phi) is 4.19. The largest absolute Gasteiger partial charge is 0.496 e. The van der Waals surface area contributed by atoms with E-state index in [-0.39, 0.29) is 0 Å². The minimum Gasteiger partial charge on any atom is -0.496 e. The van der Waals surface area contributed by atoms with Crippen LogP contribution >= 0.6 is 11.3 Å². The number of thiophene rings is 1. The van der Waals surface area contributed by atoms with E-state index in [9.17, 15) is 0 Å². The number of aromatic nitrogens is 2. The van der Waals surface area contributed by atoms with Crippen molar-refractivity contribution in [2.45, 2.75) is 6.92 Å². The SMILES string of the molecule is COc1ccsc1C.Cn1cccn1. The van der Waals surface area contributed by atoms with Crippen molar-refractivity contribution < 1.29 is 4.74 Å². The maximum absolute atomic E-state index is 5.00. The van der Waals surface area contributed by atoms with Crippen molar-refractivity contribution in [2.24, 2.45) is 7.05 Å². The first kappa shape index (κ1) is 10.8. The van der Waals surface area contributed by atoms with Crippen LogP contribution in [0.3, 0.4) is 0 Å². The molecule has 0 radical (unpaired) electrons. The Labute approximate surface area is 88.0 Å². The van der Waals surface area contributed by atoms with Crippen LogP contribution in [-0.4, -0.2) is 16.9 Å². The predicted molar refractivity (Wildman–Crippen MR) is 58.8 cm³/mol. The van der Waals surface area contributed by atoms with Crippen molar-refractivity contribution in [1.82, 2.24) is 9.78 Å². The summed E-state index contributed by atoms with van der Waals surface area (Å²) >= 11 is 1.70. The fourth-order valence-corrected chi connectivity index (χ4v) is 1.59. The van der Waals surface area contributed by atoms with Crippen LogP contribution in [0.4, 0.5) is 0 Å². The summed E-state index contributed by atoms with van der Waals surface area (Å²) in [5.74, 6) is 0.995. The molecule has 0 aliphatic heterocycles. The topological polar surface area (TPSA) is 27.1 Å². The highest BCUT2D eigenvalue weighted by Gasteiger charge is 1.94. The zero-order chi connectivity index (χ0) is 10.4. The number of ether oxygens (including phenoxy) is 1. The molecule has 4 heteroatoms. The smallest absolute Gasteiger partial charge is 0.132 e. The van der Waals surface area contributed by atoms with Gasteiger partial charge in [-0.2, -0.15) is 5.10 Å². The van der Waals surface area contributed by atoms with Crippen molar-refractivity contribution in [3.8, 4) is 5.75 Å². The molecular formula is C10H14N2OS. The summed E-state index contributed by atoms with van der Waals surface area (Å²) in [6.07, 6.45) is 3.64. The maximum Gasteiger partial charge on any atom is 0.132 e. The molecule has 0 aliphatic rings. The molecule has 0 aliphatic carbocycles. The Hall–Kier alpha value is -1.29. The molecule has 2 aromatic rings. The highest BCUT2D eigenvalue weighted by atomic mass is 32.1. The third-order valence-electron chi connectivity index (χ3n) is 1.67. The second-order valence-electron chi connectivity index (χ2n) is 2.72. The van der Waals surface area contributed by atoms with Crippen LogP contribution in [-0.2, 0) is 7.05 Å². The van der Waals surface area contributed by atoms with Crippen LogP contribution in [0.15, 0.2) is 29.9 Å². The van der Waals surface area contributed by atoms with Crippen LogP contribution in [0.25, 0.3) is 0 Å². The van der Waals surface area contributed by atoms with E-state index in [0.29, 0.717) is 0 Å². The lowest BCUT2D eigenvalue weighted by Crippen LogP contribution is -1.83. The van der Waals surface area contributed by atoms with E-state index in [0.717, 1.165) is 5.75 Å².